The van der Waals surface area contributed by atoms with Gasteiger partial charge in [-0.1, -0.05) is 0 Å². The first-order valence-corrected chi connectivity index (χ1v) is 6.47. The second-order valence-electron chi connectivity index (χ2n) is 4.94. The Morgan fingerprint density at radius 1 is 1.41 bits per heavy atom. The molecule has 5 heteroatoms. The van der Waals surface area contributed by atoms with Crippen molar-refractivity contribution in [3.05, 3.63) is 18.2 Å². The van der Waals surface area contributed by atoms with Gasteiger partial charge in [-0.15, -0.1) is 0 Å². The van der Waals surface area contributed by atoms with E-state index in [1.165, 1.54) is 18.5 Å². The summed E-state index contributed by atoms with van der Waals surface area (Å²) in [7, 11) is 0. The Morgan fingerprint density at radius 2 is 2.18 bits per heavy atom. The van der Waals surface area contributed by atoms with Gasteiger partial charge >= 0.3 is 0 Å². The lowest BCUT2D eigenvalue weighted by Crippen LogP contribution is -2.46. The molecule has 94 valence electrons. The summed E-state index contributed by atoms with van der Waals surface area (Å²) in [4.78, 5) is 6.61. The summed E-state index contributed by atoms with van der Waals surface area (Å²) in [5.41, 5.74) is 1.18. The molecule has 1 unspecified atom stereocenters. The number of aromatic nitrogens is 2. The summed E-state index contributed by atoms with van der Waals surface area (Å²) < 4.78 is 2.25. The Kier molecular flexibility index (Phi) is 3.13. The fraction of sp³-hybridized carbons (Fsp3) is 0.750. The normalized spacial score (nSPS) is 23.8. The molecule has 1 aromatic rings. The minimum Gasteiger partial charge on any atom is -0.394 e. The SMILES string of the molecule is OCC(c1cncn1C1CC1)N1CCNCC1. The van der Waals surface area contributed by atoms with Gasteiger partial charge in [0.15, 0.2) is 0 Å². The molecule has 1 aromatic heterocycles. The largest absolute Gasteiger partial charge is 0.394 e. The van der Waals surface area contributed by atoms with Crippen LogP contribution in [0, 0.1) is 0 Å². The van der Waals surface area contributed by atoms with Crippen LogP contribution in [0.1, 0.15) is 30.6 Å². The summed E-state index contributed by atoms with van der Waals surface area (Å²) >= 11 is 0. The minimum atomic E-state index is 0.111. The number of rotatable bonds is 4. The molecule has 0 spiro atoms. The zero-order valence-electron chi connectivity index (χ0n) is 10.0. The molecule has 2 N–H and O–H groups in total. The number of hydrogen-bond donors (Lipinski definition) is 2. The molecule has 1 saturated carbocycles. The Labute approximate surface area is 101 Å². The maximum absolute atomic E-state index is 9.67. The van der Waals surface area contributed by atoms with E-state index in [-0.39, 0.29) is 12.6 Å². The standard InChI is InChI=1S/C12H20N4O/c17-8-12(15-5-3-13-4-6-15)11-7-14-9-16(11)10-1-2-10/h7,9-10,12-13,17H,1-6,8H2. The summed E-state index contributed by atoms with van der Waals surface area (Å²) in [5, 5.41) is 13.0. The summed E-state index contributed by atoms with van der Waals surface area (Å²) in [6.45, 7) is 4.20. The number of aliphatic hydroxyl groups is 1. The van der Waals surface area contributed by atoms with Gasteiger partial charge in [-0.3, -0.25) is 4.90 Å². The van der Waals surface area contributed by atoms with E-state index in [1.807, 2.05) is 12.5 Å². The molecule has 17 heavy (non-hydrogen) atoms. The van der Waals surface area contributed by atoms with Gasteiger partial charge < -0.3 is 15.0 Å². The first-order chi connectivity index (χ1) is 8.40. The van der Waals surface area contributed by atoms with Crippen molar-refractivity contribution in [3.8, 4) is 0 Å². The van der Waals surface area contributed by atoms with Gasteiger partial charge in [0.05, 0.1) is 24.7 Å². The van der Waals surface area contributed by atoms with Crippen LogP contribution in [0.2, 0.25) is 0 Å². The van der Waals surface area contributed by atoms with Crippen molar-refractivity contribution in [2.75, 3.05) is 32.8 Å². The lowest BCUT2D eigenvalue weighted by atomic mass is 10.1. The third-order valence-electron chi connectivity index (χ3n) is 3.74. The maximum Gasteiger partial charge on any atom is 0.0951 e. The Morgan fingerprint density at radius 3 is 2.82 bits per heavy atom. The monoisotopic (exact) mass is 236 g/mol. The Bertz CT molecular complexity index is 368. The molecule has 3 rings (SSSR count). The van der Waals surface area contributed by atoms with Gasteiger partial charge in [0, 0.05) is 38.4 Å². The molecular formula is C12H20N4O. The van der Waals surface area contributed by atoms with Gasteiger partial charge in [0.2, 0.25) is 0 Å². The van der Waals surface area contributed by atoms with E-state index >= 15 is 0 Å². The molecule has 1 aliphatic heterocycles. The highest BCUT2D eigenvalue weighted by atomic mass is 16.3. The zero-order valence-corrected chi connectivity index (χ0v) is 10.0. The van der Waals surface area contributed by atoms with E-state index in [4.69, 9.17) is 0 Å². The van der Waals surface area contributed by atoms with Crippen molar-refractivity contribution in [2.45, 2.75) is 24.9 Å². The third-order valence-corrected chi connectivity index (χ3v) is 3.74. The van der Waals surface area contributed by atoms with Crippen LogP contribution in [0.25, 0.3) is 0 Å². The molecule has 5 nitrogen and oxygen atoms in total. The molecule has 0 aromatic carbocycles. The fourth-order valence-electron chi connectivity index (χ4n) is 2.62. The zero-order chi connectivity index (χ0) is 11.7. The molecule has 2 fully saturated rings. The number of hydrogen-bond acceptors (Lipinski definition) is 4. The fourth-order valence-corrected chi connectivity index (χ4v) is 2.62. The topological polar surface area (TPSA) is 53.3 Å². The van der Waals surface area contributed by atoms with Crippen molar-refractivity contribution >= 4 is 0 Å². The van der Waals surface area contributed by atoms with Gasteiger partial charge in [-0.25, -0.2) is 4.98 Å². The van der Waals surface area contributed by atoms with Crippen LogP contribution < -0.4 is 5.32 Å². The predicted octanol–water partition coefficient (Wildman–Crippen LogP) is 0.157. The number of nitrogens with one attached hydrogen (secondary N) is 1. The predicted molar refractivity (Wildman–Crippen MR) is 64.8 cm³/mol. The number of piperazine rings is 1. The van der Waals surface area contributed by atoms with Crippen molar-refractivity contribution in [3.63, 3.8) is 0 Å². The first-order valence-electron chi connectivity index (χ1n) is 6.47. The van der Waals surface area contributed by atoms with Crippen LogP contribution in [0.15, 0.2) is 12.5 Å². The summed E-state index contributed by atoms with van der Waals surface area (Å²) in [6.07, 6.45) is 6.34. The van der Waals surface area contributed by atoms with Crippen LogP contribution in [0.3, 0.4) is 0 Å². The smallest absolute Gasteiger partial charge is 0.0951 e. The molecule has 0 radical (unpaired) electrons. The molecule has 2 heterocycles. The van der Waals surface area contributed by atoms with Crippen LogP contribution >= 0.6 is 0 Å². The molecule has 0 amide bonds. The van der Waals surface area contributed by atoms with E-state index in [9.17, 15) is 5.11 Å². The van der Waals surface area contributed by atoms with Crippen LogP contribution in [-0.2, 0) is 0 Å². The maximum atomic E-state index is 9.67. The number of nitrogens with zero attached hydrogens (tertiary/aromatic N) is 3. The Hall–Kier alpha value is -0.910. The average molecular weight is 236 g/mol. The lowest BCUT2D eigenvalue weighted by Gasteiger charge is -2.34. The highest BCUT2D eigenvalue weighted by Crippen LogP contribution is 2.37. The number of imidazole rings is 1. The molecular weight excluding hydrogens is 216 g/mol. The molecule has 2 aliphatic rings. The van der Waals surface area contributed by atoms with Crippen LogP contribution in [0.4, 0.5) is 0 Å². The quantitative estimate of drug-likeness (QED) is 0.782. The lowest BCUT2D eigenvalue weighted by molar-refractivity contribution is 0.105. The van der Waals surface area contributed by atoms with Crippen LogP contribution in [0.5, 0.6) is 0 Å². The second-order valence-corrected chi connectivity index (χ2v) is 4.94. The van der Waals surface area contributed by atoms with E-state index in [1.54, 1.807) is 0 Å². The second kappa shape index (κ2) is 4.76. The highest BCUT2D eigenvalue weighted by molar-refractivity contribution is 5.10. The van der Waals surface area contributed by atoms with E-state index in [0.29, 0.717) is 6.04 Å². The van der Waals surface area contributed by atoms with Gasteiger partial charge in [0.25, 0.3) is 0 Å². The molecule has 1 aliphatic carbocycles. The Balaban J connectivity index is 1.80. The average Bonchev–Trinajstić information content (AvgIpc) is 3.12. The van der Waals surface area contributed by atoms with Gasteiger partial charge in [-0.05, 0) is 12.8 Å². The van der Waals surface area contributed by atoms with Crippen LogP contribution in [-0.4, -0.2) is 52.3 Å². The van der Waals surface area contributed by atoms with Crippen molar-refractivity contribution in [1.82, 2.24) is 19.8 Å². The first kappa shape index (κ1) is 11.2. The highest BCUT2D eigenvalue weighted by Gasteiger charge is 2.30. The minimum absolute atomic E-state index is 0.111. The molecule has 1 atom stereocenters. The number of aliphatic hydroxyl groups excluding tert-OH is 1. The van der Waals surface area contributed by atoms with Crippen molar-refractivity contribution in [2.24, 2.45) is 0 Å². The van der Waals surface area contributed by atoms with Gasteiger partial charge in [-0.2, -0.15) is 0 Å². The molecule has 1 saturated heterocycles. The van der Waals surface area contributed by atoms with Crippen molar-refractivity contribution < 1.29 is 5.11 Å². The van der Waals surface area contributed by atoms with E-state index in [0.717, 1.165) is 26.2 Å². The molecule has 0 bridgehead atoms. The summed E-state index contributed by atoms with van der Waals surface area (Å²) in [5.74, 6) is 0. The third kappa shape index (κ3) is 2.22. The van der Waals surface area contributed by atoms with E-state index < -0.39 is 0 Å². The summed E-state index contributed by atoms with van der Waals surface area (Å²) in [6, 6.07) is 0.740. The van der Waals surface area contributed by atoms with Crippen molar-refractivity contribution in [1.29, 1.82) is 0 Å². The van der Waals surface area contributed by atoms with E-state index in [2.05, 4.69) is 19.8 Å². The van der Waals surface area contributed by atoms with Gasteiger partial charge in [0.1, 0.15) is 0 Å².